The lowest BCUT2D eigenvalue weighted by Crippen LogP contribution is -2.25. The minimum Gasteiger partial charge on any atom is -0.301 e. The van der Waals surface area contributed by atoms with E-state index in [1.54, 1.807) is 18.3 Å². The molecule has 1 amide bonds. The Balaban J connectivity index is 1.73. The van der Waals surface area contributed by atoms with Crippen molar-refractivity contribution in [1.82, 2.24) is 4.98 Å². The molecule has 0 radical (unpaired) electrons. The topological polar surface area (TPSA) is 42.0 Å². The van der Waals surface area contributed by atoms with Gasteiger partial charge in [-0.05, 0) is 24.8 Å². The van der Waals surface area contributed by atoms with Crippen LogP contribution >= 0.6 is 45.9 Å². The first kappa shape index (κ1) is 13.4. The summed E-state index contributed by atoms with van der Waals surface area (Å²) in [4.78, 5) is 17.6. The minimum atomic E-state index is -0.953. The second-order valence-corrected chi connectivity index (χ2v) is 7.97. The molecule has 1 N–H and O–H groups in total. The van der Waals surface area contributed by atoms with Gasteiger partial charge in [-0.1, -0.05) is 6.07 Å². The van der Waals surface area contributed by atoms with Crippen LogP contribution in [0, 0.1) is 5.41 Å². The van der Waals surface area contributed by atoms with Crippen molar-refractivity contribution in [2.45, 2.75) is 17.7 Å². The van der Waals surface area contributed by atoms with Gasteiger partial charge >= 0.3 is 0 Å². The molecule has 1 fully saturated rings. The predicted octanol–water partition coefficient (Wildman–Crippen LogP) is 4.39. The maximum Gasteiger partial charge on any atom is 0.235 e. The Morgan fingerprint density at radius 3 is 2.79 bits per heavy atom. The summed E-state index contributed by atoms with van der Waals surface area (Å²) in [7, 11) is 0. The van der Waals surface area contributed by atoms with E-state index in [9.17, 15) is 4.79 Å². The Labute approximate surface area is 128 Å². The van der Waals surface area contributed by atoms with Crippen LogP contribution < -0.4 is 5.32 Å². The Bertz CT molecular complexity index is 623. The van der Waals surface area contributed by atoms with Gasteiger partial charge in [-0.15, -0.1) is 45.9 Å². The van der Waals surface area contributed by atoms with E-state index >= 15 is 0 Å². The number of nitrogens with one attached hydrogen (secondary N) is 1. The molecule has 0 saturated heterocycles. The molecule has 100 valence electrons. The number of aromatic nitrogens is 1. The summed E-state index contributed by atoms with van der Waals surface area (Å²) in [5, 5.41) is 7.28. The molecule has 3 rings (SSSR count). The van der Waals surface area contributed by atoms with Gasteiger partial charge in [0.05, 0.1) is 16.0 Å². The molecule has 2 aromatic rings. The summed E-state index contributed by atoms with van der Waals surface area (Å²) in [6, 6.07) is 3.97. The summed E-state index contributed by atoms with van der Waals surface area (Å²) < 4.78 is -0.953. The van der Waals surface area contributed by atoms with Gasteiger partial charge in [-0.25, -0.2) is 4.98 Å². The largest absolute Gasteiger partial charge is 0.301 e. The summed E-state index contributed by atoms with van der Waals surface area (Å²) >= 11 is 15.0. The lowest BCUT2D eigenvalue weighted by Gasteiger charge is -2.10. The molecular weight excluding hydrogens is 323 g/mol. The van der Waals surface area contributed by atoms with E-state index in [2.05, 4.69) is 10.3 Å². The summed E-state index contributed by atoms with van der Waals surface area (Å²) in [6.07, 6.45) is 0.470. The Hall–Kier alpha value is -0.620. The van der Waals surface area contributed by atoms with E-state index in [0.29, 0.717) is 11.6 Å². The Morgan fingerprint density at radius 1 is 1.47 bits per heavy atom. The first-order valence-corrected chi connectivity index (χ1v) is 8.13. The normalized spacial score (nSPS) is 24.2. The Kier molecular flexibility index (Phi) is 3.13. The highest BCUT2D eigenvalue weighted by molar-refractivity contribution is 7.16. The average Bonchev–Trinajstić information content (AvgIpc) is 2.83. The first-order chi connectivity index (χ1) is 8.92. The SMILES string of the molecule is CC1(C(=O)Nc2nc(-c3cccs3)cs2)CC1(Cl)Cl. The zero-order valence-corrected chi connectivity index (χ0v) is 13.1. The number of thiazole rings is 1. The van der Waals surface area contributed by atoms with Gasteiger partial charge < -0.3 is 5.32 Å². The number of nitrogens with zero attached hydrogens (tertiary/aromatic N) is 1. The highest BCUT2D eigenvalue weighted by Gasteiger charge is 2.68. The zero-order valence-electron chi connectivity index (χ0n) is 9.94. The molecule has 1 unspecified atom stereocenters. The number of rotatable bonds is 3. The third-order valence-electron chi connectivity index (χ3n) is 3.26. The second-order valence-electron chi connectivity index (χ2n) is 4.68. The van der Waals surface area contributed by atoms with E-state index in [0.717, 1.165) is 10.6 Å². The van der Waals surface area contributed by atoms with Gasteiger partial charge in [-0.3, -0.25) is 4.79 Å². The van der Waals surface area contributed by atoms with E-state index in [1.165, 1.54) is 11.3 Å². The maximum absolute atomic E-state index is 12.1. The van der Waals surface area contributed by atoms with Gasteiger partial charge in [0.1, 0.15) is 4.33 Å². The number of halogens is 2. The highest BCUT2D eigenvalue weighted by atomic mass is 35.5. The summed E-state index contributed by atoms with van der Waals surface area (Å²) in [5.74, 6) is -0.176. The molecule has 2 aromatic heterocycles. The van der Waals surface area contributed by atoms with Crippen LogP contribution in [-0.2, 0) is 4.79 Å². The van der Waals surface area contributed by atoms with Gasteiger partial charge in [0.25, 0.3) is 0 Å². The number of hydrogen-bond acceptors (Lipinski definition) is 4. The molecule has 0 aliphatic heterocycles. The molecular formula is C12H10Cl2N2OS2. The van der Waals surface area contributed by atoms with Crippen molar-refractivity contribution < 1.29 is 4.79 Å². The van der Waals surface area contributed by atoms with Crippen LogP contribution in [0.5, 0.6) is 0 Å². The van der Waals surface area contributed by atoms with Crippen molar-refractivity contribution in [3.05, 3.63) is 22.9 Å². The van der Waals surface area contributed by atoms with Crippen LogP contribution in [0.15, 0.2) is 22.9 Å². The molecule has 0 bridgehead atoms. The molecule has 1 atom stereocenters. The van der Waals surface area contributed by atoms with Gasteiger partial charge in [0.15, 0.2) is 5.13 Å². The number of carbonyl (C=O) groups excluding carboxylic acids is 1. The molecule has 1 saturated carbocycles. The standard InChI is InChI=1S/C12H10Cl2N2OS2/c1-11(6-12(11,13)14)9(17)16-10-15-7(5-19-10)8-3-2-4-18-8/h2-5H,6H2,1H3,(H,15,16,17). The van der Waals surface area contributed by atoms with Crippen molar-refractivity contribution in [3.63, 3.8) is 0 Å². The van der Waals surface area contributed by atoms with E-state index in [-0.39, 0.29) is 5.91 Å². The molecule has 0 spiro atoms. The van der Waals surface area contributed by atoms with Gasteiger partial charge in [0.2, 0.25) is 5.91 Å². The molecule has 3 nitrogen and oxygen atoms in total. The smallest absolute Gasteiger partial charge is 0.235 e. The van der Waals surface area contributed by atoms with Crippen molar-refractivity contribution in [1.29, 1.82) is 0 Å². The Morgan fingerprint density at radius 2 is 2.21 bits per heavy atom. The molecule has 1 aliphatic carbocycles. The van der Waals surface area contributed by atoms with Gasteiger partial charge in [0, 0.05) is 5.38 Å². The quantitative estimate of drug-likeness (QED) is 0.846. The van der Waals surface area contributed by atoms with E-state index < -0.39 is 9.75 Å². The molecule has 2 heterocycles. The maximum atomic E-state index is 12.1. The third kappa shape index (κ3) is 2.29. The monoisotopic (exact) mass is 332 g/mol. The van der Waals surface area contributed by atoms with E-state index in [4.69, 9.17) is 23.2 Å². The number of hydrogen-bond donors (Lipinski definition) is 1. The minimum absolute atomic E-state index is 0.176. The summed E-state index contributed by atoms with van der Waals surface area (Å²) in [6.45, 7) is 1.76. The second kappa shape index (κ2) is 4.45. The number of thiophene rings is 1. The van der Waals surface area contributed by atoms with Crippen molar-refractivity contribution in [3.8, 4) is 10.6 Å². The fourth-order valence-electron chi connectivity index (χ4n) is 1.75. The highest BCUT2D eigenvalue weighted by Crippen LogP contribution is 2.64. The first-order valence-electron chi connectivity index (χ1n) is 5.61. The fraction of sp³-hybridized carbons (Fsp3) is 0.333. The molecule has 7 heteroatoms. The third-order valence-corrected chi connectivity index (χ3v) is 6.01. The lowest BCUT2D eigenvalue weighted by molar-refractivity contribution is -0.120. The molecule has 0 aromatic carbocycles. The number of amides is 1. The van der Waals surface area contributed by atoms with Gasteiger partial charge in [-0.2, -0.15) is 0 Å². The van der Waals surface area contributed by atoms with Crippen LogP contribution in [0.25, 0.3) is 10.6 Å². The number of alkyl halides is 2. The predicted molar refractivity (Wildman–Crippen MR) is 81.2 cm³/mol. The van der Waals surface area contributed by atoms with E-state index in [1.807, 2.05) is 22.9 Å². The lowest BCUT2D eigenvalue weighted by atomic mass is 10.1. The van der Waals surface area contributed by atoms with Crippen LogP contribution in [-0.4, -0.2) is 15.2 Å². The van der Waals surface area contributed by atoms with Crippen LogP contribution in [0.1, 0.15) is 13.3 Å². The molecule has 19 heavy (non-hydrogen) atoms. The number of carbonyl (C=O) groups is 1. The van der Waals surface area contributed by atoms with Crippen molar-refractivity contribution in [2.75, 3.05) is 5.32 Å². The fourth-order valence-corrected chi connectivity index (χ4v) is 3.92. The van der Waals surface area contributed by atoms with Crippen molar-refractivity contribution >= 4 is 56.9 Å². The summed E-state index contributed by atoms with van der Waals surface area (Å²) in [5.41, 5.74) is 0.157. The van der Waals surface area contributed by atoms with Crippen LogP contribution in [0.3, 0.4) is 0 Å². The average molecular weight is 333 g/mol. The van der Waals surface area contributed by atoms with Crippen molar-refractivity contribution in [2.24, 2.45) is 5.41 Å². The van der Waals surface area contributed by atoms with Crippen LogP contribution in [0.2, 0.25) is 0 Å². The molecule has 1 aliphatic rings. The zero-order chi connectivity index (χ0) is 13.7. The van der Waals surface area contributed by atoms with Crippen LogP contribution in [0.4, 0.5) is 5.13 Å². The number of anilines is 1.